The Morgan fingerprint density at radius 1 is 0.450 bits per heavy atom. The van der Waals surface area contributed by atoms with Gasteiger partial charge in [-0.15, -0.1) is 22.7 Å². The van der Waals surface area contributed by atoms with Crippen LogP contribution in [-0.4, -0.2) is 0 Å². The van der Waals surface area contributed by atoms with Gasteiger partial charge < -0.3 is 0 Å². The molecule has 2 aromatic heterocycles. The Morgan fingerprint density at radius 2 is 1.05 bits per heavy atom. The second-order valence-electron chi connectivity index (χ2n) is 11.2. The largest absolute Gasteiger partial charge is 0.135 e. The highest BCUT2D eigenvalue weighted by atomic mass is 32.1. The van der Waals surface area contributed by atoms with E-state index in [0.29, 0.717) is 0 Å². The van der Waals surface area contributed by atoms with Crippen LogP contribution < -0.4 is 0 Å². The number of unbranched alkanes of at least 4 members (excludes halogenated alkanes) is 3. The Kier molecular flexibility index (Phi) is 5.86. The van der Waals surface area contributed by atoms with Crippen molar-refractivity contribution < 1.29 is 0 Å². The first-order valence-corrected chi connectivity index (χ1v) is 16.1. The third-order valence-corrected chi connectivity index (χ3v) is 10.7. The van der Waals surface area contributed by atoms with Crippen molar-refractivity contribution in [2.24, 2.45) is 0 Å². The molecule has 8 aromatic rings. The van der Waals surface area contributed by atoms with Crippen molar-refractivity contribution in [1.82, 2.24) is 0 Å². The number of aryl methyl sites for hydroxylation is 1. The molecule has 2 heterocycles. The summed E-state index contributed by atoms with van der Waals surface area (Å²) in [7, 11) is 0. The Morgan fingerprint density at radius 3 is 1.77 bits per heavy atom. The maximum atomic E-state index is 2.44. The van der Waals surface area contributed by atoms with Crippen molar-refractivity contribution in [1.29, 1.82) is 0 Å². The molecule has 40 heavy (non-hydrogen) atoms. The van der Waals surface area contributed by atoms with E-state index in [1.54, 1.807) is 0 Å². The van der Waals surface area contributed by atoms with E-state index in [4.69, 9.17) is 0 Å². The number of benzene rings is 6. The van der Waals surface area contributed by atoms with E-state index in [0.717, 1.165) is 0 Å². The van der Waals surface area contributed by atoms with E-state index >= 15 is 0 Å². The summed E-state index contributed by atoms with van der Waals surface area (Å²) in [6, 6.07) is 39.3. The maximum absolute atomic E-state index is 2.44. The van der Waals surface area contributed by atoms with Gasteiger partial charge in [0.1, 0.15) is 0 Å². The van der Waals surface area contributed by atoms with Crippen LogP contribution in [0.2, 0.25) is 0 Å². The molecule has 0 saturated carbocycles. The molecule has 0 saturated heterocycles. The molecule has 0 bridgehead atoms. The standard InChI is InChI=1S/C38H30S2/c1-2-3-4-5-8-24-11-13-25(14-12-24)28-15-16-31-33-22-38-34(23-37(33)39-35(31)20-28)32-19-29-17-26-9-6-7-10-27(26)18-30(29)21-36(32)40-38/h6-7,9-23H,2-5,8H2,1H3. The molecule has 0 aliphatic carbocycles. The summed E-state index contributed by atoms with van der Waals surface area (Å²) < 4.78 is 5.49. The van der Waals surface area contributed by atoms with Crippen LogP contribution in [0, 0.1) is 0 Å². The van der Waals surface area contributed by atoms with E-state index in [9.17, 15) is 0 Å². The molecule has 194 valence electrons. The molecule has 0 unspecified atom stereocenters. The number of hydrogen-bond acceptors (Lipinski definition) is 2. The van der Waals surface area contributed by atoms with Crippen LogP contribution >= 0.6 is 22.7 Å². The molecule has 0 spiro atoms. The average molecular weight is 551 g/mol. The number of rotatable bonds is 6. The highest BCUT2D eigenvalue weighted by molar-refractivity contribution is 7.27. The monoisotopic (exact) mass is 550 g/mol. The molecule has 0 atom stereocenters. The molecule has 0 aliphatic heterocycles. The highest BCUT2D eigenvalue weighted by Crippen LogP contribution is 2.43. The van der Waals surface area contributed by atoms with Crippen molar-refractivity contribution >= 4 is 84.6 Å². The first kappa shape index (κ1) is 24.1. The minimum Gasteiger partial charge on any atom is -0.135 e. The van der Waals surface area contributed by atoms with Gasteiger partial charge in [-0.2, -0.15) is 0 Å². The van der Waals surface area contributed by atoms with Gasteiger partial charge in [-0.1, -0.05) is 86.8 Å². The van der Waals surface area contributed by atoms with Crippen LogP contribution in [0.3, 0.4) is 0 Å². The lowest BCUT2D eigenvalue weighted by Gasteiger charge is -2.05. The fraction of sp³-hybridized carbons (Fsp3) is 0.158. The smallest absolute Gasteiger partial charge is 0.0362 e. The zero-order valence-electron chi connectivity index (χ0n) is 22.7. The minimum atomic E-state index is 1.19. The molecule has 8 rings (SSSR count). The fourth-order valence-electron chi connectivity index (χ4n) is 6.28. The zero-order chi connectivity index (χ0) is 26.6. The predicted octanol–water partition coefficient (Wildman–Crippen LogP) is 12.5. The minimum absolute atomic E-state index is 1.19. The average Bonchev–Trinajstić information content (AvgIpc) is 3.52. The van der Waals surface area contributed by atoms with Crippen molar-refractivity contribution in [2.75, 3.05) is 0 Å². The molecule has 2 heteroatoms. The van der Waals surface area contributed by atoms with Crippen LogP contribution in [0.15, 0.2) is 103 Å². The second kappa shape index (κ2) is 9.73. The molecule has 6 aromatic carbocycles. The molecule has 0 radical (unpaired) electrons. The molecular weight excluding hydrogens is 521 g/mol. The molecule has 0 N–H and O–H groups in total. The maximum Gasteiger partial charge on any atom is 0.0362 e. The number of thiophene rings is 2. The van der Waals surface area contributed by atoms with E-state index in [-0.39, 0.29) is 0 Å². The van der Waals surface area contributed by atoms with Gasteiger partial charge in [0.25, 0.3) is 0 Å². The van der Waals surface area contributed by atoms with Gasteiger partial charge in [0.05, 0.1) is 0 Å². The Labute approximate surface area is 242 Å². The first-order valence-electron chi connectivity index (χ1n) is 14.5. The van der Waals surface area contributed by atoms with Crippen LogP contribution in [0.25, 0.3) is 73.0 Å². The summed E-state index contributed by atoms with van der Waals surface area (Å²) in [5, 5.41) is 10.7. The molecule has 0 nitrogen and oxygen atoms in total. The highest BCUT2D eigenvalue weighted by Gasteiger charge is 2.13. The van der Waals surface area contributed by atoms with Gasteiger partial charge in [-0.25, -0.2) is 0 Å². The third-order valence-electron chi connectivity index (χ3n) is 8.49. The lowest BCUT2D eigenvalue weighted by molar-refractivity contribution is 0.667. The summed E-state index contributed by atoms with van der Waals surface area (Å²) in [6.45, 7) is 2.27. The molecule has 0 amide bonds. The predicted molar refractivity (Wildman–Crippen MR) is 181 cm³/mol. The van der Waals surface area contributed by atoms with Gasteiger partial charge in [0.2, 0.25) is 0 Å². The van der Waals surface area contributed by atoms with Gasteiger partial charge in [-0.3, -0.25) is 0 Å². The molecular formula is C38H30S2. The Balaban J connectivity index is 1.18. The van der Waals surface area contributed by atoms with Crippen LogP contribution in [0.4, 0.5) is 0 Å². The van der Waals surface area contributed by atoms with Crippen LogP contribution in [0.1, 0.15) is 38.2 Å². The van der Waals surface area contributed by atoms with E-state index in [2.05, 4.69) is 110 Å². The first-order chi connectivity index (χ1) is 19.7. The summed E-state index contributed by atoms with van der Waals surface area (Å²) in [5.74, 6) is 0. The van der Waals surface area contributed by atoms with E-state index < -0.39 is 0 Å². The zero-order valence-corrected chi connectivity index (χ0v) is 24.3. The molecule has 0 fully saturated rings. The van der Waals surface area contributed by atoms with Crippen molar-refractivity contribution in [3.63, 3.8) is 0 Å². The van der Waals surface area contributed by atoms with Crippen LogP contribution in [0.5, 0.6) is 0 Å². The van der Waals surface area contributed by atoms with Gasteiger partial charge in [-0.05, 0) is 93.5 Å². The number of fused-ring (bicyclic) bond motifs is 8. The van der Waals surface area contributed by atoms with E-state index in [1.165, 1.54) is 111 Å². The van der Waals surface area contributed by atoms with Gasteiger partial charge in [0, 0.05) is 40.3 Å². The van der Waals surface area contributed by atoms with Gasteiger partial charge in [0.15, 0.2) is 0 Å². The topological polar surface area (TPSA) is 0 Å². The Hall–Kier alpha value is -3.72. The lowest BCUT2D eigenvalue weighted by Crippen LogP contribution is -1.86. The normalized spacial score (nSPS) is 12.1. The van der Waals surface area contributed by atoms with E-state index in [1.807, 2.05) is 22.7 Å². The summed E-state index contributed by atoms with van der Waals surface area (Å²) in [4.78, 5) is 0. The Bertz CT molecular complexity index is 2190. The van der Waals surface area contributed by atoms with Crippen molar-refractivity contribution in [3.05, 3.63) is 109 Å². The summed E-state index contributed by atoms with van der Waals surface area (Å²) in [5.41, 5.74) is 4.07. The van der Waals surface area contributed by atoms with Gasteiger partial charge >= 0.3 is 0 Å². The third kappa shape index (κ3) is 4.10. The quantitative estimate of drug-likeness (QED) is 0.143. The molecule has 0 aliphatic rings. The fourth-order valence-corrected chi connectivity index (χ4v) is 8.61. The second-order valence-corrected chi connectivity index (χ2v) is 13.3. The van der Waals surface area contributed by atoms with Crippen LogP contribution in [-0.2, 0) is 6.42 Å². The number of hydrogen-bond donors (Lipinski definition) is 0. The lowest BCUT2D eigenvalue weighted by atomic mass is 10.00. The van der Waals surface area contributed by atoms with Crippen molar-refractivity contribution in [2.45, 2.75) is 39.0 Å². The summed E-state index contributed by atoms with van der Waals surface area (Å²) >= 11 is 3.85. The summed E-state index contributed by atoms with van der Waals surface area (Å²) in [6.07, 6.45) is 6.45. The SMILES string of the molecule is CCCCCCc1ccc(-c2ccc3c(c2)sc2cc4c(cc23)sc2cc3cc5ccccc5cc3cc24)cc1. The van der Waals surface area contributed by atoms with Crippen molar-refractivity contribution in [3.8, 4) is 11.1 Å².